The molecular formula is C15H8ClFN2O3. The number of fused-ring (bicyclic) bond motifs is 5. The van der Waals surface area contributed by atoms with Crippen molar-refractivity contribution in [2.75, 3.05) is 0 Å². The maximum absolute atomic E-state index is 14.0. The number of pyridine rings is 1. The largest absolute Gasteiger partial charge is 0.477 e. The van der Waals surface area contributed by atoms with Crippen LogP contribution >= 0.6 is 11.6 Å². The monoisotopic (exact) mass is 318 g/mol. The van der Waals surface area contributed by atoms with Crippen molar-refractivity contribution in [2.24, 2.45) is 0 Å². The number of benzene rings is 1. The Balaban J connectivity index is 2.12. The molecule has 0 spiro atoms. The quantitative estimate of drug-likeness (QED) is 0.698. The Labute approximate surface area is 128 Å². The van der Waals surface area contributed by atoms with Crippen molar-refractivity contribution in [1.29, 1.82) is 0 Å². The Bertz CT molecular complexity index is 938. The molecule has 22 heavy (non-hydrogen) atoms. The van der Waals surface area contributed by atoms with Gasteiger partial charge < -0.3 is 9.84 Å². The predicted molar refractivity (Wildman–Crippen MR) is 77.4 cm³/mol. The van der Waals surface area contributed by atoms with Gasteiger partial charge in [-0.05, 0) is 30.3 Å². The fraction of sp³-hybridized carbons (Fsp3) is 0.0667. The number of carboxylic acid groups (broad SMARTS) is 1. The van der Waals surface area contributed by atoms with E-state index in [4.69, 9.17) is 16.3 Å². The summed E-state index contributed by atoms with van der Waals surface area (Å²) in [5.41, 5.74) is 1.27. The van der Waals surface area contributed by atoms with E-state index >= 15 is 0 Å². The number of hydrogen-bond acceptors (Lipinski definition) is 3. The third-order valence-corrected chi connectivity index (χ3v) is 3.79. The van der Waals surface area contributed by atoms with Crippen LogP contribution in [0.1, 0.15) is 6.23 Å². The van der Waals surface area contributed by atoms with Crippen LogP contribution in [0.4, 0.5) is 4.39 Å². The number of hydrogen-bond donors (Lipinski definition) is 1. The van der Waals surface area contributed by atoms with Gasteiger partial charge in [0.1, 0.15) is 16.7 Å². The second kappa shape index (κ2) is 4.45. The first-order chi connectivity index (χ1) is 10.6. The zero-order valence-corrected chi connectivity index (χ0v) is 11.7. The van der Waals surface area contributed by atoms with Gasteiger partial charge in [0, 0.05) is 5.39 Å². The SMILES string of the molecule is O=C(O)C1Oc2ccc(Cl)nc2-c2cc3c(F)cccc3n21. The zero-order chi connectivity index (χ0) is 15.4. The molecule has 4 rings (SSSR count). The Morgan fingerprint density at radius 1 is 1.36 bits per heavy atom. The average molecular weight is 319 g/mol. The molecule has 0 aliphatic carbocycles. The number of carboxylic acids is 1. The number of ether oxygens (including phenoxy) is 1. The first kappa shape index (κ1) is 13.1. The van der Waals surface area contributed by atoms with Crippen LogP contribution < -0.4 is 4.74 Å². The van der Waals surface area contributed by atoms with Crippen molar-refractivity contribution in [1.82, 2.24) is 9.55 Å². The van der Waals surface area contributed by atoms with E-state index in [2.05, 4.69) is 4.98 Å². The van der Waals surface area contributed by atoms with Crippen LogP contribution in [0.25, 0.3) is 22.3 Å². The Hall–Kier alpha value is -2.60. The highest BCUT2D eigenvalue weighted by Gasteiger charge is 2.33. The van der Waals surface area contributed by atoms with E-state index in [0.29, 0.717) is 28.0 Å². The van der Waals surface area contributed by atoms with E-state index in [1.165, 1.54) is 22.8 Å². The predicted octanol–water partition coefficient (Wildman–Crippen LogP) is 3.47. The molecule has 7 heteroatoms. The summed E-state index contributed by atoms with van der Waals surface area (Å²) in [6.07, 6.45) is -1.29. The molecule has 1 unspecified atom stereocenters. The lowest BCUT2D eigenvalue weighted by Gasteiger charge is -2.26. The van der Waals surface area contributed by atoms with E-state index in [0.717, 1.165) is 0 Å². The molecule has 3 aromatic rings. The summed E-state index contributed by atoms with van der Waals surface area (Å²) < 4.78 is 20.9. The molecule has 1 aliphatic rings. The maximum atomic E-state index is 14.0. The van der Waals surface area contributed by atoms with E-state index in [1.807, 2.05) is 0 Å². The number of rotatable bonds is 1. The minimum absolute atomic E-state index is 0.244. The maximum Gasteiger partial charge on any atom is 0.367 e. The molecule has 0 saturated heterocycles. The lowest BCUT2D eigenvalue weighted by atomic mass is 10.2. The van der Waals surface area contributed by atoms with Crippen molar-refractivity contribution < 1.29 is 19.0 Å². The lowest BCUT2D eigenvalue weighted by Crippen LogP contribution is -2.28. The molecule has 0 amide bonds. The molecule has 0 radical (unpaired) electrons. The minimum atomic E-state index is -1.29. The van der Waals surface area contributed by atoms with Crippen LogP contribution in [0.3, 0.4) is 0 Å². The first-order valence-corrected chi connectivity index (χ1v) is 6.80. The van der Waals surface area contributed by atoms with Gasteiger partial charge in [0.2, 0.25) is 0 Å². The van der Waals surface area contributed by atoms with Crippen LogP contribution in [-0.4, -0.2) is 20.6 Å². The number of nitrogens with zero attached hydrogens (tertiary/aromatic N) is 2. The van der Waals surface area contributed by atoms with Gasteiger partial charge in [0.25, 0.3) is 6.23 Å². The number of carbonyl (C=O) groups is 1. The first-order valence-electron chi connectivity index (χ1n) is 6.42. The Morgan fingerprint density at radius 2 is 2.18 bits per heavy atom. The van der Waals surface area contributed by atoms with Crippen LogP contribution in [0.2, 0.25) is 5.15 Å². The molecule has 0 bridgehead atoms. The average Bonchev–Trinajstić information content (AvgIpc) is 2.88. The second-order valence-electron chi connectivity index (χ2n) is 4.86. The minimum Gasteiger partial charge on any atom is -0.477 e. The van der Waals surface area contributed by atoms with Gasteiger partial charge in [0.05, 0.1) is 11.2 Å². The van der Waals surface area contributed by atoms with Crippen LogP contribution in [0.15, 0.2) is 36.4 Å². The van der Waals surface area contributed by atoms with Gasteiger partial charge >= 0.3 is 5.97 Å². The highest BCUT2D eigenvalue weighted by Crippen LogP contribution is 2.41. The van der Waals surface area contributed by atoms with Gasteiger partial charge in [-0.3, -0.25) is 4.57 Å². The number of aliphatic carboxylic acids is 1. The Morgan fingerprint density at radius 3 is 2.95 bits per heavy atom. The molecule has 0 saturated carbocycles. The molecular weight excluding hydrogens is 311 g/mol. The standard InChI is InChI=1S/C15H8ClFN2O3/c16-12-5-4-11-13(18-12)10-6-7-8(17)2-1-3-9(7)19(10)14(22-11)15(20)21/h1-6,14H,(H,20,21). The van der Waals surface area contributed by atoms with Crippen molar-refractivity contribution in [2.45, 2.75) is 6.23 Å². The topological polar surface area (TPSA) is 64.3 Å². The second-order valence-corrected chi connectivity index (χ2v) is 5.25. The van der Waals surface area contributed by atoms with Gasteiger partial charge in [-0.1, -0.05) is 17.7 Å². The van der Waals surface area contributed by atoms with Crippen LogP contribution in [-0.2, 0) is 4.79 Å². The molecule has 1 N–H and O–H groups in total. The smallest absolute Gasteiger partial charge is 0.367 e. The summed E-state index contributed by atoms with van der Waals surface area (Å²) >= 11 is 5.91. The Kier molecular flexibility index (Phi) is 2.65. The van der Waals surface area contributed by atoms with E-state index < -0.39 is 18.0 Å². The third-order valence-electron chi connectivity index (χ3n) is 3.58. The van der Waals surface area contributed by atoms with Crippen LogP contribution in [0, 0.1) is 5.82 Å². The third kappa shape index (κ3) is 1.70. The van der Waals surface area contributed by atoms with E-state index in [1.54, 1.807) is 18.2 Å². The molecule has 1 aliphatic heterocycles. The molecule has 2 aromatic heterocycles. The molecule has 1 aromatic carbocycles. The summed E-state index contributed by atoms with van der Waals surface area (Å²) in [6, 6.07) is 9.10. The fourth-order valence-corrected chi connectivity index (χ4v) is 2.83. The summed E-state index contributed by atoms with van der Waals surface area (Å²) in [7, 11) is 0. The highest BCUT2D eigenvalue weighted by atomic mass is 35.5. The van der Waals surface area contributed by atoms with Gasteiger partial charge in [0.15, 0.2) is 5.75 Å². The van der Waals surface area contributed by atoms with Crippen LogP contribution in [0.5, 0.6) is 5.75 Å². The van der Waals surface area contributed by atoms with Crippen molar-refractivity contribution in [3.05, 3.63) is 47.4 Å². The normalized spacial score (nSPS) is 16.0. The molecule has 5 nitrogen and oxygen atoms in total. The summed E-state index contributed by atoms with van der Waals surface area (Å²) in [5, 5.41) is 9.98. The number of halogens is 2. The summed E-state index contributed by atoms with van der Waals surface area (Å²) in [4.78, 5) is 15.7. The lowest BCUT2D eigenvalue weighted by molar-refractivity contribution is -0.149. The summed E-state index contributed by atoms with van der Waals surface area (Å²) in [6.45, 7) is 0. The van der Waals surface area contributed by atoms with Gasteiger partial charge in [-0.2, -0.15) is 0 Å². The fourth-order valence-electron chi connectivity index (χ4n) is 2.68. The van der Waals surface area contributed by atoms with E-state index in [9.17, 15) is 14.3 Å². The number of aromatic nitrogens is 2. The van der Waals surface area contributed by atoms with Crippen molar-refractivity contribution in [3.63, 3.8) is 0 Å². The zero-order valence-electron chi connectivity index (χ0n) is 11.0. The van der Waals surface area contributed by atoms with Gasteiger partial charge in [-0.15, -0.1) is 0 Å². The molecule has 110 valence electrons. The summed E-state index contributed by atoms with van der Waals surface area (Å²) in [5.74, 6) is -1.32. The molecule has 3 heterocycles. The molecule has 0 fully saturated rings. The molecule has 1 atom stereocenters. The van der Waals surface area contributed by atoms with Crippen molar-refractivity contribution in [3.8, 4) is 17.1 Å². The van der Waals surface area contributed by atoms with Gasteiger partial charge in [-0.25, -0.2) is 14.2 Å². The highest BCUT2D eigenvalue weighted by molar-refractivity contribution is 6.29. The van der Waals surface area contributed by atoms with E-state index in [-0.39, 0.29) is 5.15 Å². The van der Waals surface area contributed by atoms with Crippen molar-refractivity contribution >= 4 is 28.5 Å².